The van der Waals surface area contributed by atoms with E-state index in [-0.39, 0.29) is 0 Å². The van der Waals surface area contributed by atoms with Crippen LogP contribution in [0, 0.1) is 0 Å². The number of rotatable bonds is 7. The fourth-order valence-electron chi connectivity index (χ4n) is 2.04. The summed E-state index contributed by atoms with van der Waals surface area (Å²) in [4.78, 5) is 0. The number of aryl methyl sites for hydroxylation is 2. The Hall–Kier alpha value is -1.08. The molecule has 0 amide bonds. The van der Waals surface area contributed by atoms with Gasteiger partial charge in [-0.25, -0.2) is 0 Å². The van der Waals surface area contributed by atoms with Gasteiger partial charge in [-0.3, -0.25) is 0 Å². The molecule has 0 spiro atoms. The Labute approximate surface area is 106 Å². The third-order valence-corrected chi connectivity index (χ3v) is 3.26. The van der Waals surface area contributed by atoms with Crippen LogP contribution in [0.4, 0.5) is 0 Å². The summed E-state index contributed by atoms with van der Waals surface area (Å²) in [6.07, 6.45) is 4.46. The van der Waals surface area contributed by atoms with Crippen LogP contribution in [-0.4, -0.2) is 13.6 Å². The molecular weight excluding hydrogens is 206 g/mol. The summed E-state index contributed by atoms with van der Waals surface area (Å²) in [5.74, 6) is 0. The zero-order valence-corrected chi connectivity index (χ0v) is 11.5. The van der Waals surface area contributed by atoms with Crippen molar-refractivity contribution in [2.75, 3.05) is 13.6 Å². The lowest BCUT2D eigenvalue weighted by Gasteiger charge is -2.13. The second kappa shape index (κ2) is 7.29. The summed E-state index contributed by atoms with van der Waals surface area (Å²) in [7, 11) is 2.01. The summed E-state index contributed by atoms with van der Waals surface area (Å²) >= 11 is 0. The number of benzene rings is 1. The van der Waals surface area contributed by atoms with Crippen molar-refractivity contribution in [3.63, 3.8) is 0 Å². The Morgan fingerprint density at radius 3 is 2.65 bits per heavy atom. The zero-order valence-electron chi connectivity index (χ0n) is 11.5. The largest absolute Gasteiger partial charge is 0.320 e. The smallest absolute Gasteiger partial charge is 0.00487 e. The fourth-order valence-corrected chi connectivity index (χ4v) is 2.04. The SMILES string of the molecule is C=C(CC)c1cc(CC)ccc1CCCNC. The van der Waals surface area contributed by atoms with E-state index in [1.807, 2.05) is 7.05 Å². The topological polar surface area (TPSA) is 12.0 Å². The quantitative estimate of drug-likeness (QED) is 0.703. The van der Waals surface area contributed by atoms with Crippen molar-refractivity contribution in [1.82, 2.24) is 5.32 Å². The molecule has 1 aromatic rings. The third kappa shape index (κ3) is 4.01. The Balaban J connectivity index is 2.90. The van der Waals surface area contributed by atoms with E-state index in [1.54, 1.807) is 0 Å². The second-order valence-electron chi connectivity index (χ2n) is 4.51. The van der Waals surface area contributed by atoms with Gasteiger partial charge < -0.3 is 5.32 Å². The van der Waals surface area contributed by atoms with Gasteiger partial charge in [0.25, 0.3) is 0 Å². The van der Waals surface area contributed by atoms with E-state index in [1.165, 1.54) is 28.7 Å². The van der Waals surface area contributed by atoms with Crippen LogP contribution in [-0.2, 0) is 12.8 Å². The lowest BCUT2D eigenvalue weighted by atomic mass is 9.93. The van der Waals surface area contributed by atoms with Crippen LogP contribution in [0.1, 0.15) is 43.4 Å². The summed E-state index contributed by atoms with van der Waals surface area (Å²) in [5, 5.41) is 3.20. The van der Waals surface area contributed by atoms with Crippen molar-refractivity contribution in [2.45, 2.75) is 39.5 Å². The van der Waals surface area contributed by atoms with E-state index in [2.05, 4.69) is 43.9 Å². The van der Waals surface area contributed by atoms with Crippen molar-refractivity contribution in [2.24, 2.45) is 0 Å². The maximum absolute atomic E-state index is 4.19. The minimum absolute atomic E-state index is 1.03. The molecule has 1 nitrogen and oxygen atoms in total. The summed E-state index contributed by atoms with van der Waals surface area (Å²) in [5.41, 5.74) is 5.50. The van der Waals surface area contributed by atoms with Crippen molar-refractivity contribution in [3.05, 3.63) is 41.5 Å². The van der Waals surface area contributed by atoms with Crippen molar-refractivity contribution >= 4 is 5.57 Å². The summed E-state index contributed by atoms with van der Waals surface area (Å²) in [6, 6.07) is 6.85. The minimum Gasteiger partial charge on any atom is -0.320 e. The van der Waals surface area contributed by atoms with Gasteiger partial charge in [-0.1, -0.05) is 38.6 Å². The van der Waals surface area contributed by atoms with Gasteiger partial charge in [-0.2, -0.15) is 0 Å². The van der Waals surface area contributed by atoms with Crippen LogP contribution in [0.2, 0.25) is 0 Å². The van der Waals surface area contributed by atoms with Crippen LogP contribution >= 0.6 is 0 Å². The van der Waals surface area contributed by atoms with E-state index in [0.29, 0.717) is 0 Å². The average Bonchev–Trinajstić information content (AvgIpc) is 2.38. The van der Waals surface area contributed by atoms with Crippen molar-refractivity contribution < 1.29 is 0 Å². The molecule has 0 unspecified atom stereocenters. The Morgan fingerprint density at radius 1 is 1.29 bits per heavy atom. The Bertz CT molecular complexity index is 366. The molecule has 94 valence electrons. The van der Waals surface area contributed by atoms with Gasteiger partial charge in [0.05, 0.1) is 0 Å². The lowest BCUT2D eigenvalue weighted by molar-refractivity contribution is 0.723. The molecular formula is C16H25N. The molecule has 1 aromatic carbocycles. The first-order valence-electron chi connectivity index (χ1n) is 6.67. The molecule has 0 aliphatic carbocycles. The molecule has 0 fully saturated rings. The highest BCUT2D eigenvalue weighted by Gasteiger charge is 2.05. The van der Waals surface area contributed by atoms with Crippen LogP contribution < -0.4 is 5.32 Å². The number of hydrogen-bond acceptors (Lipinski definition) is 1. The highest BCUT2D eigenvalue weighted by molar-refractivity contribution is 5.66. The number of hydrogen-bond donors (Lipinski definition) is 1. The monoisotopic (exact) mass is 231 g/mol. The Morgan fingerprint density at radius 2 is 2.06 bits per heavy atom. The van der Waals surface area contributed by atoms with Crippen LogP contribution in [0.15, 0.2) is 24.8 Å². The predicted molar refractivity (Wildman–Crippen MR) is 77.4 cm³/mol. The van der Waals surface area contributed by atoms with Gasteiger partial charge in [0.2, 0.25) is 0 Å². The lowest BCUT2D eigenvalue weighted by Crippen LogP contribution is -2.09. The van der Waals surface area contributed by atoms with E-state index >= 15 is 0 Å². The van der Waals surface area contributed by atoms with Crippen LogP contribution in [0.3, 0.4) is 0 Å². The molecule has 0 aromatic heterocycles. The summed E-state index contributed by atoms with van der Waals surface area (Å²) in [6.45, 7) is 9.65. The van der Waals surface area contributed by atoms with Gasteiger partial charge >= 0.3 is 0 Å². The maximum atomic E-state index is 4.19. The van der Waals surface area contributed by atoms with Gasteiger partial charge in [-0.15, -0.1) is 0 Å². The normalized spacial score (nSPS) is 10.5. The number of allylic oxidation sites excluding steroid dienone is 1. The molecule has 0 bridgehead atoms. The van der Waals surface area contributed by atoms with Gasteiger partial charge in [0.1, 0.15) is 0 Å². The molecule has 1 heteroatoms. The van der Waals surface area contributed by atoms with Crippen LogP contribution in [0.25, 0.3) is 5.57 Å². The highest BCUT2D eigenvalue weighted by Crippen LogP contribution is 2.23. The second-order valence-corrected chi connectivity index (χ2v) is 4.51. The molecule has 1 N–H and O–H groups in total. The first-order chi connectivity index (χ1) is 8.22. The van der Waals surface area contributed by atoms with Gasteiger partial charge in [-0.05, 0) is 61.5 Å². The van der Waals surface area contributed by atoms with Crippen molar-refractivity contribution in [1.29, 1.82) is 0 Å². The first-order valence-corrected chi connectivity index (χ1v) is 6.67. The minimum atomic E-state index is 1.03. The van der Waals surface area contributed by atoms with E-state index in [0.717, 1.165) is 25.8 Å². The van der Waals surface area contributed by atoms with E-state index in [9.17, 15) is 0 Å². The molecule has 0 aliphatic heterocycles. The fraction of sp³-hybridized carbons (Fsp3) is 0.500. The molecule has 0 saturated heterocycles. The average molecular weight is 231 g/mol. The predicted octanol–water partition coefficient (Wildman–Crippen LogP) is 3.82. The highest BCUT2D eigenvalue weighted by atomic mass is 14.8. The number of nitrogens with one attached hydrogen (secondary N) is 1. The standard InChI is InChI=1S/C16H25N/c1-5-13(3)16-12-14(6-2)9-10-15(16)8-7-11-17-4/h9-10,12,17H,3,5-8,11H2,1-2,4H3. The van der Waals surface area contributed by atoms with Crippen molar-refractivity contribution in [3.8, 4) is 0 Å². The van der Waals surface area contributed by atoms with Gasteiger partial charge in [0.15, 0.2) is 0 Å². The van der Waals surface area contributed by atoms with Crippen LogP contribution in [0.5, 0.6) is 0 Å². The van der Waals surface area contributed by atoms with E-state index < -0.39 is 0 Å². The first kappa shape index (κ1) is 14.0. The molecule has 0 aliphatic rings. The molecule has 0 saturated carbocycles. The van der Waals surface area contributed by atoms with E-state index in [4.69, 9.17) is 0 Å². The molecule has 0 heterocycles. The summed E-state index contributed by atoms with van der Waals surface area (Å²) < 4.78 is 0. The molecule has 0 radical (unpaired) electrons. The maximum Gasteiger partial charge on any atom is -0.00487 e. The Kier molecular flexibility index (Phi) is 5.99. The van der Waals surface area contributed by atoms with Gasteiger partial charge in [0, 0.05) is 0 Å². The molecule has 1 rings (SSSR count). The third-order valence-electron chi connectivity index (χ3n) is 3.26. The molecule has 0 atom stereocenters. The zero-order chi connectivity index (χ0) is 12.7. The molecule has 17 heavy (non-hydrogen) atoms.